The molecule has 3 nitrogen and oxygen atoms in total. The van der Waals surface area contributed by atoms with E-state index in [-0.39, 0.29) is 12.5 Å². The third-order valence-electron chi connectivity index (χ3n) is 3.41. The highest BCUT2D eigenvalue weighted by Crippen LogP contribution is 2.28. The van der Waals surface area contributed by atoms with Gasteiger partial charge in [0.1, 0.15) is 5.75 Å². The molecule has 3 rings (SSSR count). The van der Waals surface area contributed by atoms with Gasteiger partial charge in [0, 0.05) is 23.0 Å². The maximum atomic E-state index is 12.2. The van der Waals surface area contributed by atoms with Crippen LogP contribution in [-0.4, -0.2) is 24.0 Å². The first-order valence-electron chi connectivity index (χ1n) is 6.54. The first kappa shape index (κ1) is 14.7. The van der Waals surface area contributed by atoms with E-state index in [0.29, 0.717) is 22.3 Å². The summed E-state index contributed by atoms with van der Waals surface area (Å²) in [7, 11) is 0. The molecule has 1 aliphatic heterocycles. The lowest BCUT2D eigenvalue weighted by Gasteiger charge is -2.27. The first-order valence-corrected chi connectivity index (χ1v) is 8.18. The van der Waals surface area contributed by atoms with Crippen LogP contribution >= 0.6 is 34.5 Å². The number of nitrogens with zero attached hydrogens (tertiary/aromatic N) is 1. The minimum absolute atomic E-state index is 0.0131. The number of carbonyl (C=O) groups excluding carboxylic acids is 1. The monoisotopic (exact) mass is 341 g/mol. The number of halogens is 2. The minimum atomic E-state index is -0.0298. The fourth-order valence-electron chi connectivity index (χ4n) is 2.28. The Kier molecular flexibility index (Phi) is 4.38. The van der Waals surface area contributed by atoms with Crippen molar-refractivity contribution >= 4 is 40.4 Å². The molecule has 1 aliphatic rings. The van der Waals surface area contributed by atoms with E-state index in [9.17, 15) is 4.79 Å². The summed E-state index contributed by atoms with van der Waals surface area (Å²) in [6.07, 6.45) is 0.917. The molecule has 0 spiro atoms. The third kappa shape index (κ3) is 3.34. The van der Waals surface area contributed by atoms with Crippen molar-refractivity contribution in [3.63, 3.8) is 0 Å². The third-order valence-corrected chi connectivity index (χ3v) is 4.96. The number of thiophene rings is 1. The number of ether oxygens (including phenoxy) is 1. The minimum Gasteiger partial charge on any atom is -0.482 e. The van der Waals surface area contributed by atoms with E-state index in [0.717, 1.165) is 13.0 Å². The van der Waals surface area contributed by atoms with E-state index in [1.54, 1.807) is 29.5 Å². The second kappa shape index (κ2) is 6.26. The zero-order valence-electron chi connectivity index (χ0n) is 11.1. The average Bonchev–Trinajstić information content (AvgIpc) is 2.93. The van der Waals surface area contributed by atoms with Crippen molar-refractivity contribution in [2.45, 2.75) is 13.0 Å². The molecule has 110 valence electrons. The number of hydrogen-bond acceptors (Lipinski definition) is 3. The molecule has 2 heterocycles. The lowest BCUT2D eigenvalue weighted by molar-refractivity contribution is -0.134. The van der Waals surface area contributed by atoms with Gasteiger partial charge in [-0.25, -0.2) is 0 Å². The van der Waals surface area contributed by atoms with E-state index in [2.05, 4.69) is 11.4 Å². The Morgan fingerprint density at radius 1 is 1.33 bits per heavy atom. The molecule has 0 fully saturated rings. The van der Waals surface area contributed by atoms with Crippen LogP contribution in [0.1, 0.15) is 10.4 Å². The van der Waals surface area contributed by atoms with Crippen LogP contribution in [0.4, 0.5) is 0 Å². The summed E-state index contributed by atoms with van der Waals surface area (Å²) in [4.78, 5) is 15.4. The lowest BCUT2D eigenvalue weighted by Crippen LogP contribution is -2.38. The van der Waals surface area contributed by atoms with Gasteiger partial charge in [-0.3, -0.25) is 4.79 Å². The number of carbonyl (C=O) groups is 1. The van der Waals surface area contributed by atoms with Gasteiger partial charge in [-0.15, -0.1) is 11.3 Å². The first-order chi connectivity index (χ1) is 10.1. The van der Waals surface area contributed by atoms with Crippen molar-refractivity contribution in [2.75, 3.05) is 13.2 Å². The second-order valence-electron chi connectivity index (χ2n) is 4.80. The molecule has 6 heteroatoms. The Morgan fingerprint density at radius 3 is 3.00 bits per heavy atom. The number of benzene rings is 1. The van der Waals surface area contributed by atoms with Crippen molar-refractivity contribution < 1.29 is 9.53 Å². The van der Waals surface area contributed by atoms with Crippen LogP contribution in [-0.2, 0) is 17.8 Å². The molecule has 2 aromatic rings. The van der Waals surface area contributed by atoms with E-state index in [4.69, 9.17) is 27.9 Å². The molecule has 0 N–H and O–H groups in total. The number of hydrogen-bond donors (Lipinski definition) is 0. The van der Waals surface area contributed by atoms with Gasteiger partial charge in [0.15, 0.2) is 6.61 Å². The summed E-state index contributed by atoms with van der Waals surface area (Å²) in [6, 6.07) is 7.04. The van der Waals surface area contributed by atoms with Gasteiger partial charge in [-0.2, -0.15) is 0 Å². The summed E-state index contributed by atoms with van der Waals surface area (Å²) in [5.41, 5.74) is 1.24. The molecule has 1 amide bonds. The van der Waals surface area contributed by atoms with Crippen molar-refractivity contribution in [1.82, 2.24) is 4.90 Å². The molecule has 1 aromatic carbocycles. The summed E-state index contributed by atoms with van der Waals surface area (Å²) in [5.74, 6) is 0.445. The number of amides is 1. The van der Waals surface area contributed by atoms with Crippen LogP contribution < -0.4 is 4.74 Å². The molecule has 0 saturated heterocycles. The van der Waals surface area contributed by atoms with Crippen LogP contribution in [0.15, 0.2) is 29.6 Å². The van der Waals surface area contributed by atoms with Crippen molar-refractivity contribution in [3.8, 4) is 5.75 Å². The van der Waals surface area contributed by atoms with Crippen LogP contribution in [0.25, 0.3) is 0 Å². The zero-order chi connectivity index (χ0) is 14.8. The Labute approximate surface area is 137 Å². The molecule has 21 heavy (non-hydrogen) atoms. The highest BCUT2D eigenvalue weighted by Gasteiger charge is 2.21. The van der Waals surface area contributed by atoms with Crippen molar-refractivity contribution in [2.24, 2.45) is 0 Å². The number of rotatable bonds is 3. The SMILES string of the molecule is O=C(COc1ccc(Cl)cc1Cl)N1CCc2sccc2C1. The molecular formula is C15H13Cl2NO2S. The van der Waals surface area contributed by atoms with Gasteiger partial charge < -0.3 is 9.64 Å². The molecule has 0 aliphatic carbocycles. The maximum absolute atomic E-state index is 12.2. The largest absolute Gasteiger partial charge is 0.482 e. The molecule has 0 radical (unpaired) electrons. The van der Waals surface area contributed by atoms with Crippen LogP contribution in [0.5, 0.6) is 5.75 Å². The van der Waals surface area contributed by atoms with Crippen molar-refractivity contribution in [1.29, 1.82) is 0 Å². The predicted octanol–water partition coefficient (Wildman–Crippen LogP) is 4.02. The van der Waals surface area contributed by atoms with E-state index < -0.39 is 0 Å². The summed E-state index contributed by atoms with van der Waals surface area (Å²) in [5, 5.41) is 3.02. The summed E-state index contributed by atoms with van der Waals surface area (Å²) in [6.45, 7) is 1.39. The smallest absolute Gasteiger partial charge is 0.260 e. The predicted molar refractivity (Wildman–Crippen MR) is 85.4 cm³/mol. The summed E-state index contributed by atoms with van der Waals surface area (Å²) >= 11 is 13.6. The molecule has 1 aromatic heterocycles. The van der Waals surface area contributed by atoms with Gasteiger partial charge in [0.25, 0.3) is 5.91 Å². The quantitative estimate of drug-likeness (QED) is 0.843. The number of fused-ring (bicyclic) bond motifs is 1. The van der Waals surface area contributed by atoms with E-state index in [1.165, 1.54) is 10.4 Å². The van der Waals surface area contributed by atoms with Crippen LogP contribution in [0.3, 0.4) is 0 Å². The Bertz CT molecular complexity index is 671. The molecule has 0 saturated carbocycles. The molecule has 0 bridgehead atoms. The van der Waals surface area contributed by atoms with Gasteiger partial charge in [0.2, 0.25) is 0 Å². The normalized spacial score (nSPS) is 13.9. The van der Waals surface area contributed by atoms with Gasteiger partial charge in [-0.05, 0) is 41.6 Å². The highest BCUT2D eigenvalue weighted by molar-refractivity contribution is 7.10. The van der Waals surface area contributed by atoms with Crippen molar-refractivity contribution in [3.05, 3.63) is 50.1 Å². The fraction of sp³-hybridized carbons (Fsp3) is 0.267. The van der Waals surface area contributed by atoms with Crippen LogP contribution in [0.2, 0.25) is 10.0 Å². The van der Waals surface area contributed by atoms with E-state index >= 15 is 0 Å². The lowest BCUT2D eigenvalue weighted by atomic mass is 10.1. The highest BCUT2D eigenvalue weighted by atomic mass is 35.5. The maximum Gasteiger partial charge on any atom is 0.260 e. The molecule has 0 unspecified atom stereocenters. The Morgan fingerprint density at radius 2 is 2.19 bits per heavy atom. The standard InChI is InChI=1S/C15H13Cl2NO2S/c16-11-1-2-13(12(17)7-11)20-9-15(19)18-5-3-14-10(8-18)4-6-21-14/h1-2,4,6-7H,3,5,8-9H2. The van der Waals surface area contributed by atoms with Gasteiger partial charge >= 0.3 is 0 Å². The fourth-order valence-corrected chi connectivity index (χ4v) is 3.64. The Hall–Kier alpha value is -1.23. The Balaban J connectivity index is 1.60. The second-order valence-corrected chi connectivity index (χ2v) is 6.64. The van der Waals surface area contributed by atoms with E-state index in [1.807, 2.05) is 4.90 Å². The van der Waals surface area contributed by atoms with Gasteiger partial charge in [0.05, 0.1) is 5.02 Å². The molecular weight excluding hydrogens is 329 g/mol. The van der Waals surface area contributed by atoms with Gasteiger partial charge in [-0.1, -0.05) is 23.2 Å². The average molecular weight is 342 g/mol. The van der Waals surface area contributed by atoms with Crippen LogP contribution in [0, 0.1) is 0 Å². The summed E-state index contributed by atoms with van der Waals surface area (Å²) < 4.78 is 5.50. The molecule has 0 atom stereocenters. The zero-order valence-corrected chi connectivity index (χ0v) is 13.5. The topological polar surface area (TPSA) is 29.5 Å².